The molecule has 7 nitrogen and oxygen atoms in total. The molecule has 0 aliphatic carbocycles. The maximum absolute atomic E-state index is 12.5. The number of ether oxygens (including phenoxy) is 1. The van der Waals surface area contributed by atoms with Crippen LogP contribution in [0.5, 0.6) is 5.75 Å². The molecule has 1 aromatic heterocycles. The number of nitrogens with zero attached hydrogens (tertiary/aromatic N) is 3. The summed E-state index contributed by atoms with van der Waals surface area (Å²) >= 11 is 0. The topological polar surface area (TPSA) is 82.2 Å². The van der Waals surface area contributed by atoms with E-state index in [0.717, 1.165) is 22.8 Å². The lowest BCUT2D eigenvalue weighted by atomic mass is 10.1. The van der Waals surface area contributed by atoms with Gasteiger partial charge < -0.3 is 10.1 Å². The second-order valence-corrected chi connectivity index (χ2v) is 5.77. The van der Waals surface area contributed by atoms with E-state index in [-0.39, 0.29) is 0 Å². The van der Waals surface area contributed by atoms with Crippen LogP contribution in [0.2, 0.25) is 0 Å². The number of nitro groups is 1. The van der Waals surface area contributed by atoms with Gasteiger partial charge in [0.25, 0.3) is 0 Å². The maximum Gasteiger partial charge on any atom is 0.387 e. The fraction of sp³-hybridized carbons (Fsp3) is 0.167. The van der Waals surface area contributed by atoms with Gasteiger partial charge in [0.05, 0.1) is 11.1 Å². The van der Waals surface area contributed by atoms with Crippen molar-refractivity contribution in [2.75, 3.05) is 5.32 Å². The number of rotatable bonds is 7. The number of nitrogens with one attached hydrogen (secondary N) is 1. The zero-order chi connectivity index (χ0) is 19.4. The Morgan fingerprint density at radius 3 is 2.74 bits per heavy atom. The quantitative estimate of drug-likeness (QED) is 0.495. The highest BCUT2D eigenvalue weighted by Crippen LogP contribution is 2.31. The van der Waals surface area contributed by atoms with Crippen molar-refractivity contribution in [3.63, 3.8) is 0 Å². The molecule has 0 fully saturated rings. The number of benzene rings is 2. The van der Waals surface area contributed by atoms with E-state index in [4.69, 9.17) is 0 Å². The van der Waals surface area contributed by atoms with Crippen LogP contribution in [0.15, 0.2) is 54.9 Å². The molecule has 27 heavy (non-hydrogen) atoms. The third kappa shape index (κ3) is 4.57. The summed E-state index contributed by atoms with van der Waals surface area (Å²) in [6.45, 7) is -2.74. The van der Waals surface area contributed by atoms with Crippen molar-refractivity contribution in [2.24, 2.45) is 7.05 Å². The molecule has 0 bridgehead atoms. The number of halogens is 2. The van der Waals surface area contributed by atoms with Crippen molar-refractivity contribution in [1.82, 2.24) is 9.78 Å². The van der Waals surface area contributed by atoms with Crippen molar-refractivity contribution in [1.29, 1.82) is 0 Å². The number of nitro benzene ring substituents is 1. The Bertz CT molecular complexity index is 959. The first-order chi connectivity index (χ1) is 12.9. The van der Waals surface area contributed by atoms with Crippen LogP contribution >= 0.6 is 0 Å². The Hall–Kier alpha value is -3.49. The van der Waals surface area contributed by atoms with Gasteiger partial charge in [0.2, 0.25) is 5.75 Å². The SMILES string of the molecule is Cn1cc(-c2cccc(CNc3ccc([N+](=O)[O-])c(OC(F)F)c3)c2)cn1. The third-order valence-corrected chi connectivity index (χ3v) is 3.83. The molecule has 0 aliphatic rings. The summed E-state index contributed by atoms with van der Waals surface area (Å²) < 4.78 is 30.9. The van der Waals surface area contributed by atoms with Crippen LogP contribution < -0.4 is 10.1 Å². The monoisotopic (exact) mass is 374 g/mol. The maximum atomic E-state index is 12.5. The predicted molar refractivity (Wildman–Crippen MR) is 95.7 cm³/mol. The molecule has 1 N–H and O–H groups in total. The number of anilines is 1. The van der Waals surface area contributed by atoms with Crippen LogP contribution in [0.25, 0.3) is 11.1 Å². The van der Waals surface area contributed by atoms with E-state index in [1.165, 1.54) is 12.1 Å². The van der Waals surface area contributed by atoms with E-state index in [1.807, 2.05) is 37.5 Å². The fourth-order valence-electron chi connectivity index (χ4n) is 2.60. The van der Waals surface area contributed by atoms with E-state index < -0.39 is 23.0 Å². The summed E-state index contributed by atoms with van der Waals surface area (Å²) in [5.41, 5.74) is 2.84. The Kier molecular flexibility index (Phi) is 5.30. The standard InChI is InChI=1S/C18H16F2N4O3/c1-23-11-14(10-22-23)13-4-2-3-12(7-13)9-21-15-5-6-16(24(25)26)17(8-15)27-18(19)20/h2-8,10-11,18,21H,9H2,1H3. The van der Waals surface area contributed by atoms with Gasteiger partial charge in [-0.3, -0.25) is 14.8 Å². The minimum atomic E-state index is -3.14. The van der Waals surface area contributed by atoms with Gasteiger partial charge in [-0.25, -0.2) is 0 Å². The van der Waals surface area contributed by atoms with Crippen molar-refractivity contribution < 1.29 is 18.4 Å². The molecule has 0 aliphatic heterocycles. The van der Waals surface area contributed by atoms with Crippen LogP contribution in [0, 0.1) is 10.1 Å². The number of alkyl halides is 2. The Labute approximate surface area is 153 Å². The van der Waals surface area contributed by atoms with Gasteiger partial charge in [0.15, 0.2) is 0 Å². The lowest BCUT2D eigenvalue weighted by Gasteiger charge is -2.10. The molecule has 0 atom stereocenters. The second-order valence-electron chi connectivity index (χ2n) is 5.77. The molecule has 0 saturated carbocycles. The summed E-state index contributed by atoms with van der Waals surface area (Å²) in [5.74, 6) is -0.482. The fourth-order valence-corrected chi connectivity index (χ4v) is 2.60. The zero-order valence-corrected chi connectivity index (χ0v) is 14.3. The van der Waals surface area contributed by atoms with Gasteiger partial charge in [0, 0.05) is 43.2 Å². The van der Waals surface area contributed by atoms with Crippen molar-refractivity contribution in [3.8, 4) is 16.9 Å². The largest absolute Gasteiger partial charge is 0.427 e. The first kappa shape index (κ1) is 18.3. The average molecular weight is 374 g/mol. The van der Waals surface area contributed by atoms with Crippen LogP contribution in [0.4, 0.5) is 20.2 Å². The van der Waals surface area contributed by atoms with Gasteiger partial charge >= 0.3 is 12.3 Å². The molecular formula is C18H16F2N4O3. The minimum absolute atomic E-state index is 0.403. The molecule has 0 saturated heterocycles. The average Bonchev–Trinajstić information content (AvgIpc) is 3.06. The molecule has 2 aromatic carbocycles. The highest BCUT2D eigenvalue weighted by molar-refractivity contribution is 5.63. The molecule has 3 rings (SSSR count). The number of hydrogen-bond donors (Lipinski definition) is 1. The van der Waals surface area contributed by atoms with Gasteiger partial charge in [-0.15, -0.1) is 0 Å². The second kappa shape index (κ2) is 7.81. The number of hydrogen-bond acceptors (Lipinski definition) is 5. The third-order valence-electron chi connectivity index (χ3n) is 3.83. The van der Waals surface area contributed by atoms with Gasteiger partial charge in [0.1, 0.15) is 0 Å². The molecule has 0 unspecified atom stereocenters. The molecular weight excluding hydrogens is 358 g/mol. The summed E-state index contributed by atoms with van der Waals surface area (Å²) in [7, 11) is 1.84. The molecule has 0 radical (unpaired) electrons. The summed E-state index contributed by atoms with van der Waals surface area (Å²) in [6.07, 6.45) is 3.66. The molecule has 3 aromatic rings. The molecule has 0 spiro atoms. The molecule has 0 amide bonds. The van der Waals surface area contributed by atoms with Gasteiger partial charge in [-0.2, -0.15) is 13.9 Å². The lowest BCUT2D eigenvalue weighted by molar-refractivity contribution is -0.386. The smallest absolute Gasteiger partial charge is 0.387 e. The summed E-state index contributed by atoms with van der Waals surface area (Å²) in [4.78, 5) is 10.2. The first-order valence-corrected chi connectivity index (χ1v) is 7.97. The Morgan fingerprint density at radius 1 is 1.26 bits per heavy atom. The summed E-state index contributed by atoms with van der Waals surface area (Å²) in [5, 5.41) is 18.1. The lowest BCUT2D eigenvalue weighted by Crippen LogP contribution is -2.06. The minimum Gasteiger partial charge on any atom is -0.427 e. The highest BCUT2D eigenvalue weighted by atomic mass is 19.3. The Morgan fingerprint density at radius 2 is 2.07 bits per heavy atom. The zero-order valence-electron chi connectivity index (χ0n) is 14.3. The molecule has 1 heterocycles. The van der Waals surface area contributed by atoms with Crippen molar-refractivity contribution in [2.45, 2.75) is 13.2 Å². The van der Waals surface area contributed by atoms with E-state index in [1.54, 1.807) is 10.9 Å². The highest BCUT2D eigenvalue weighted by Gasteiger charge is 2.19. The van der Waals surface area contributed by atoms with Crippen LogP contribution in [0.3, 0.4) is 0 Å². The predicted octanol–water partition coefficient (Wildman–Crippen LogP) is 4.21. The van der Waals surface area contributed by atoms with Crippen LogP contribution in [-0.4, -0.2) is 21.3 Å². The van der Waals surface area contributed by atoms with E-state index in [0.29, 0.717) is 12.2 Å². The molecule has 9 heteroatoms. The normalized spacial score (nSPS) is 10.8. The number of aromatic nitrogens is 2. The summed E-state index contributed by atoms with van der Waals surface area (Å²) in [6, 6.07) is 11.5. The van der Waals surface area contributed by atoms with Crippen molar-refractivity contribution >= 4 is 11.4 Å². The van der Waals surface area contributed by atoms with Gasteiger partial charge in [-0.05, 0) is 23.3 Å². The Balaban J connectivity index is 1.76. The van der Waals surface area contributed by atoms with Crippen LogP contribution in [0.1, 0.15) is 5.56 Å². The molecule has 140 valence electrons. The van der Waals surface area contributed by atoms with E-state index in [9.17, 15) is 18.9 Å². The van der Waals surface area contributed by atoms with Crippen LogP contribution in [-0.2, 0) is 13.6 Å². The number of aryl methyl sites for hydroxylation is 1. The van der Waals surface area contributed by atoms with E-state index >= 15 is 0 Å². The first-order valence-electron chi connectivity index (χ1n) is 7.97. The van der Waals surface area contributed by atoms with E-state index in [2.05, 4.69) is 15.2 Å². The van der Waals surface area contributed by atoms with Gasteiger partial charge in [-0.1, -0.05) is 18.2 Å². The van der Waals surface area contributed by atoms with Crippen molar-refractivity contribution in [3.05, 3.63) is 70.5 Å².